The number of carbonyl (C=O) groups is 2. The van der Waals surface area contributed by atoms with Crippen molar-refractivity contribution < 1.29 is 14.3 Å². The molecule has 0 unspecified atom stereocenters. The molecule has 3 nitrogen and oxygen atoms in total. The van der Waals surface area contributed by atoms with Gasteiger partial charge in [-0.05, 0) is 18.5 Å². The molecule has 0 bridgehead atoms. The molecule has 52 valence electrons. The van der Waals surface area contributed by atoms with Gasteiger partial charge in [-0.25, -0.2) is 0 Å². The topological polar surface area (TPSA) is 43.4 Å². The Hall–Kier alpha value is -0.570. The van der Waals surface area contributed by atoms with Crippen LogP contribution in [0.15, 0.2) is 0 Å². The monoisotopic (exact) mass is 150 g/mol. The van der Waals surface area contributed by atoms with Gasteiger partial charge in [-0.15, -0.1) is 0 Å². The SMILES string of the molecule is CC(=O)O[C@H](C)C(=O)Cl. The van der Waals surface area contributed by atoms with Crippen LogP contribution in [0, 0.1) is 0 Å². The second kappa shape index (κ2) is 3.45. The maximum absolute atomic E-state index is 10.2. The zero-order valence-corrected chi connectivity index (χ0v) is 5.94. The lowest BCUT2D eigenvalue weighted by Gasteiger charge is -2.04. The summed E-state index contributed by atoms with van der Waals surface area (Å²) in [6.07, 6.45) is -0.829. The van der Waals surface area contributed by atoms with Crippen LogP contribution < -0.4 is 0 Å². The first-order valence-electron chi connectivity index (χ1n) is 2.40. The van der Waals surface area contributed by atoms with Crippen LogP contribution in [0.4, 0.5) is 0 Å². The van der Waals surface area contributed by atoms with Gasteiger partial charge in [-0.2, -0.15) is 0 Å². The van der Waals surface area contributed by atoms with Crippen molar-refractivity contribution in [2.75, 3.05) is 0 Å². The fourth-order valence-corrected chi connectivity index (χ4v) is 0.340. The fourth-order valence-electron chi connectivity index (χ4n) is 0.295. The molecule has 4 heteroatoms. The largest absolute Gasteiger partial charge is 0.453 e. The van der Waals surface area contributed by atoms with Gasteiger partial charge in [0, 0.05) is 6.92 Å². The molecule has 0 aromatic carbocycles. The zero-order valence-electron chi connectivity index (χ0n) is 5.18. The molecule has 0 aliphatic heterocycles. The van der Waals surface area contributed by atoms with Crippen molar-refractivity contribution >= 4 is 22.8 Å². The van der Waals surface area contributed by atoms with E-state index in [1.807, 2.05) is 0 Å². The Morgan fingerprint density at radius 1 is 1.56 bits per heavy atom. The summed E-state index contributed by atoms with van der Waals surface area (Å²) < 4.78 is 4.39. The molecule has 9 heavy (non-hydrogen) atoms. The smallest absolute Gasteiger partial charge is 0.303 e. The maximum Gasteiger partial charge on any atom is 0.303 e. The molecule has 0 aromatic heterocycles. The van der Waals surface area contributed by atoms with Crippen molar-refractivity contribution in [1.29, 1.82) is 0 Å². The lowest BCUT2D eigenvalue weighted by molar-refractivity contribution is -0.149. The van der Waals surface area contributed by atoms with Crippen molar-refractivity contribution in [3.63, 3.8) is 0 Å². The minimum absolute atomic E-state index is 0.503. The van der Waals surface area contributed by atoms with Crippen molar-refractivity contribution in [2.24, 2.45) is 0 Å². The molecule has 0 saturated heterocycles. The number of hydrogen-bond donors (Lipinski definition) is 0. The summed E-state index contributed by atoms with van der Waals surface area (Å²) in [6.45, 7) is 2.63. The van der Waals surface area contributed by atoms with Gasteiger partial charge in [0.15, 0.2) is 6.10 Å². The van der Waals surface area contributed by atoms with E-state index in [0.717, 1.165) is 0 Å². The molecule has 0 aliphatic rings. The molecule has 1 atom stereocenters. The summed E-state index contributed by atoms with van der Waals surface area (Å²) in [5, 5.41) is -0.662. The van der Waals surface area contributed by atoms with E-state index in [1.165, 1.54) is 13.8 Å². The summed E-state index contributed by atoms with van der Waals surface area (Å²) in [7, 11) is 0. The van der Waals surface area contributed by atoms with E-state index >= 15 is 0 Å². The van der Waals surface area contributed by atoms with E-state index in [4.69, 9.17) is 11.6 Å². The van der Waals surface area contributed by atoms with Crippen LogP contribution in [-0.2, 0) is 14.3 Å². The number of esters is 1. The van der Waals surface area contributed by atoms with Gasteiger partial charge in [0.1, 0.15) is 0 Å². The quantitative estimate of drug-likeness (QED) is 0.430. The number of ether oxygens (including phenoxy) is 1. The average molecular weight is 151 g/mol. The van der Waals surface area contributed by atoms with Crippen molar-refractivity contribution in [1.82, 2.24) is 0 Å². The van der Waals surface area contributed by atoms with Crippen molar-refractivity contribution in [2.45, 2.75) is 20.0 Å². The molecule has 0 fully saturated rings. The third-order valence-corrected chi connectivity index (χ3v) is 0.970. The fraction of sp³-hybridized carbons (Fsp3) is 0.600. The van der Waals surface area contributed by atoms with Gasteiger partial charge in [-0.3, -0.25) is 9.59 Å². The van der Waals surface area contributed by atoms with E-state index in [0.29, 0.717) is 0 Å². The van der Waals surface area contributed by atoms with Gasteiger partial charge < -0.3 is 4.74 Å². The molecule has 0 amide bonds. The first-order chi connectivity index (χ1) is 4.04. The highest BCUT2D eigenvalue weighted by molar-refractivity contribution is 6.64. The van der Waals surface area contributed by atoms with Crippen molar-refractivity contribution in [3.8, 4) is 0 Å². The number of halogens is 1. The zero-order chi connectivity index (χ0) is 7.44. The maximum atomic E-state index is 10.2. The number of hydrogen-bond acceptors (Lipinski definition) is 3. The van der Waals surface area contributed by atoms with E-state index in [2.05, 4.69) is 4.74 Å². The molecule has 0 N–H and O–H groups in total. The summed E-state index contributed by atoms with van der Waals surface area (Å²) in [4.78, 5) is 20.3. The van der Waals surface area contributed by atoms with E-state index < -0.39 is 17.3 Å². The predicted molar refractivity (Wildman–Crippen MR) is 32.1 cm³/mol. The van der Waals surface area contributed by atoms with Gasteiger partial charge in [0.25, 0.3) is 5.24 Å². The Labute approximate surface area is 57.9 Å². The molecule has 0 rings (SSSR count). The van der Waals surface area contributed by atoms with Crippen LogP contribution in [0.2, 0.25) is 0 Å². The Bertz CT molecular complexity index is 132. The summed E-state index contributed by atoms with van der Waals surface area (Å²) >= 11 is 4.96. The first-order valence-corrected chi connectivity index (χ1v) is 2.78. The molecular formula is C5H7ClO3. The van der Waals surface area contributed by atoms with Crippen LogP contribution in [-0.4, -0.2) is 17.3 Å². The summed E-state index contributed by atoms with van der Waals surface area (Å²) in [5.74, 6) is -0.503. The minimum Gasteiger partial charge on any atom is -0.453 e. The highest BCUT2D eigenvalue weighted by Gasteiger charge is 2.11. The standard InChI is InChI=1S/C5H7ClO3/c1-3(5(6)8)9-4(2)7/h3H,1-2H3/t3-/m1/s1. The van der Waals surface area contributed by atoms with Crippen LogP contribution >= 0.6 is 11.6 Å². The molecule has 0 heterocycles. The Balaban J connectivity index is 3.63. The molecule has 0 saturated carbocycles. The molecule has 0 spiro atoms. The normalized spacial score (nSPS) is 12.3. The van der Waals surface area contributed by atoms with Crippen molar-refractivity contribution in [3.05, 3.63) is 0 Å². The first kappa shape index (κ1) is 8.43. The van der Waals surface area contributed by atoms with Gasteiger partial charge in [-0.1, -0.05) is 0 Å². The number of carbonyl (C=O) groups excluding carboxylic acids is 2. The average Bonchev–Trinajstić information content (AvgIpc) is 1.63. The van der Waals surface area contributed by atoms with Gasteiger partial charge in [0.2, 0.25) is 0 Å². The van der Waals surface area contributed by atoms with Crippen LogP contribution in [0.3, 0.4) is 0 Å². The van der Waals surface area contributed by atoms with Crippen LogP contribution in [0.5, 0.6) is 0 Å². The van der Waals surface area contributed by atoms with E-state index in [-0.39, 0.29) is 0 Å². The Morgan fingerprint density at radius 3 is 2.11 bits per heavy atom. The van der Waals surface area contributed by atoms with Crippen LogP contribution in [0.25, 0.3) is 0 Å². The lowest BCUT2D eigenvalue weighted by atomic mass is 10.4. The Morgan fingerprint density at radius 2 is 2.00 bits per heavy atom. The lowest BCUT2D eigenvalue weighted by Crippen LogP contribution is -2.18. The third kappa shape index (κ3) is 3.97. The minimum atomic E-state index is -0.829. The van der Waals surface area contributed by atoms with Gasteiger partial charge >= 0.3 is 5.97 Å². The molecular weight excluding hydrogens is 144 g/mol. The van der Waals surface area contributed by atoms with E-state index in [9.17, 15) is 9.59 Å². The second-order valence-corrected chi connectivity index (χ2v) is 1.93. The van der Waals surface area contributed by atoms with Crippen LogP contribution in [0.1, 0.15) is 13.8 Å². The molecule has 0 aliphatic carbocycles. The summed E-state index contributed by atoms with van der Waals surface area (Å²) in [6, 6.07) is 0. The van der Waals surface area contributed by atoms with E-state index in [1.54, 1.807) is 0 Å². The molecule has 0 aromatic rings. The molecule has 0 radical (unpaired) electrons. The second-order valence-electron chi connectivity index (χ2n) is 1.56. The number of rotatable bonds is 2. The third-order valence-electron chi connectivity index (χ3n) is 0.662. The predicted octanol–water partition coefficient (Wildman–Crippen LogP) is 0.703. The highest BCUT2D eigenvalue weighted by Crippen LogP contribution is 1.95. The Kier molecular flexibility index (Phi) is 3.24. The van der Waals surface area contributed by atoms with Gasteiger partial charge in [0.05, 0.1) is 0 Å². The summed E-state index contributed by atoms with van der Waals surface area (Å²) in [5.41, 5.74) is 0. The highest BCUT2D eigenvalue weighted by atomic mass is 35.5.